The Morgan fingerprint density at radius 2 is 2.09 bits per heavy atom. The topological polar surface area (TPSA) is 74.0 Å². The van der Waals surface area contributed by atoms with Crippen LogP contribution in [-0.2, 0) is 0 Å². The van der Waals surface area contributed by atoms with Crippen LogP contribution in [0.25, 0.3) is 10.9 Å². The molecule has 3 N–H and O–H groups in total. The normalized spacial score (nSPS) is 11.8. The van der Waals surface area contributed by atoms with Crippen molar-refractivity contribution in [2.24, 2.45) is 0 Å². The molecule has 0 aliphatic carbocycles. The lowest BCUT2D eigenvalue weighted by molar-refractivity contribution is 0.0951. The lowest BCUT2D eigenvalue weighted by Crippen LogP contribution is -2.39. The SMILES string of the molecule is CCN[C@H](C)CNC(=O)c1cc(=O)[nH]c2ccc(Br)cc12.Cl. The summed E-state index contributed by atoms with van der Waals surface area (Å²) in [6.45, 7) is 5.36. The molecule has 1 aromatic heterocycles. The third kappa shape index (κ3) is 4.56. The largest absolute Gasteiger partial charge is 0.350 e. The standard InChI is InChI=1S/C15H18BrN3O2.ClH/c1-3-17-9(2)8-18-15(21)12-7-14(20)19-13-5-4-10(16)6-11(12)13;/h4-7,9,17H,3,8H2,1-2H3,(H,18,21)(H,19,20);1H/t9-;/m1./s1. The molecule has 0 spiro atoms. The van der Waals surface area contributed by atoms with Crippen molar-refractivity contribution >= 4 is 45.1 Å². The van der Waals surface area contributed by atoms with Crippen molar-refractivity contribution in [3.05, 3.63) is 44.7 Å². The van der Waals surface area contributed by atoms with Gasteiger partial charge in [0.1, 0.15) is 0 Å². The smallest absolute Gasteiger partial charge is 0.252 e. The molecule has 0 unspecified atom stereocenters. The van der Waals surface area contributed by atoms with E-state index in [0.29, 0.717) is 17.6 Å². The molecule has 0 fully saturated rings. The monoisotopic (exact) mass is 387 g/mol. The van der Waals surface area contributed by atoms with E-state index in [1.807, 2.05) is 26.0 Å². The number of pyridine rings is 1. The number of hydrogen-bond acceptors (Lipinski definition) is 3. The van der Waals surface area contributed by atoms with Gasteiger partial charge in [-0.3, -0.25) is 9.59 Å². The van der Waals surface area contributed by atoms with E-state index in [2.05, 4.69) is 31.5 Å². The summed E-state index contributed by atoms with van der Waals surface area (Å²) in [5, 5.41) is 6.79. The van der Waals surface area contributed by atoms with Gasteiger partial charge in [0.2, 0.25) is 5.56 Å². The summed E-state index contributed by atoms with van der Waals surface area (Å²) in [6.07, 6.45) is 0. The van der Waals surface area contributed by atoms with Gasteiger partial charge in [-0.15, -0.1) is 12.4 Å². The highest BCUT2D eigenvalue weighted by Gasteiger charge is 2.13. The summed E-state index contributed by atoms with van der Waals surface area (Å²) >= 11 is 3.38. The molecule has 2 aromatic rings. The van der Waals surface area contributed by atoms with Crippen LogP contribution in [0, 0.1) is 0 Å². The molecular formula is C15H19BrClN3O2. The molecule has 1 amide bonds. The molecule has 7 heteroatoms. The Labute approximate surface area is 143 Å². The Hall–Kier alpha value is -1.37. The molecule has 1 atom stereocenters. The number of amides is 1. The minimum absolute atomic E-state index is 0. The fraction of sp³-hybridized carbons (Fsp3) is 0.333. The molecule has 1 aromatic carbocycles. The first-order valence-electron chi connectivity index (χ1n) is 6.85. The predicted molar refractivity (Wildman–Crippen MR) is 95.0 cm³/mol. The van der Waals surface area contributed by atoms with Crippen LogP contribution in [0.5, 0.6) is 0 Å². The maximum Gasteiger partial charge on any atom is 0.252 e. The van der Waals surface area contributed by atoms with Gasteiger partial charge >= 0.3 is 0 Å². The minimum atomic E-state index is -0.283. The van der Waals surface area contributed by atoms with Crippen molar-refractivity contribution in [2.45, 2.75) is 19.9 Å². The maximum absolute atomic E-state index is 12.3. The number of H-pyrrole nitrogens is 1. The zero-order valence-electron chi connectivity index (χ0n) is 12.4. The second-order valence-electron chi connectivity index (χ2n) is 4.91. The summed E-state index contributed by atoms with van der Waals surface area (Å²) in [6, 6.07) is 6.95. The van der Waals surface area contributed by atoms with Crippen LogP contribution in [0.2, 0.25) is 0 Å². The average Bonchev–Trinajstić information content (AvgIpc) is 2.44. The van der Waals surface area contributed by atoms with E-state index < -0.39 is 0 Å². The first-order chi connectivity index (χ1) is 10.0. The van der Waals surface area contributed by atoms with Crippen molar-refractivity contribution in [2.75, 3.05) is 13.1 Å². The molecule has 22 heavy (non-hydrogen) atoms. The molecule has 0 bridgehead atoms. The molecule has 5 nitrogen and oxygen atoms in total. The van der Waals surface area contributed by atoms with Crippen LogP contribution in [-0.4, -0.2) is 30.0 Å². The van der Waals surface area contributed by atoms with Crippen LogP contribution in [0.4, 0.5) is 0 Å². The van der Waals surface area contributed by atoms with E-state index in [4.69, 9.17) is 0 Å². The Kier molecular flexibility index (Phi) is 7.06. The van der Waals surface area contributed by atoms with Crippen LogP contribution >= 0.6 is 28.3 Å². The highest BCUT2D eigenvalue weighted by molar-refractivity contribution is 9.10. The highest BCUT2D eigenvalue weighted by Crippen LogP contribution is 2.20. The van der Waals surface area contributed by atoms with E-state index in [9.17, 15) is 9.59 Å². The van der Waals surface area contributed by atoms with Crippen LogP contribution < -0.4 is 16.2 Å². The summed E-state index contributed by atoms with van der Waals surface area (Å²) < 4.78 is 0.858. The molecule has 0 saturated carbocycles. The van der Waals surface area contributed by atoms with Gasteiger partial charge < -0.3 is 15.6 Å². The fourth-order valence-corrected chi connectivity index (χ4v) is 2.54. The second-order valence-corrected chi connectivity index (χ2v) is 5.82. The first-order valence-corrected chi connectivity index (χ1v) is 7.64. The number of fused-ring (bicyclic) bond motifs is 1. The molecule has 0 saturated heterocycles. The molecule has 120 valence electrons. The molecular weight excluding hydrogens is 370 g/mol. The van der Waals surface area contributed by atoms with E-state index in [0.717, 1.165) is 16.4 Å². The zero-order valence-corrected chi connectivity index (χ0v) is 14.8. The summed E-state index contributed by atoms with van der Waals surface area (Å²) in [7, 11) is 0. The lowest BCUT2D eigenvalue weighted by Gasteiger charge is -2.14. The number of carbonyl (C=O) groups is 1. The highest BCUT2D eigenvalue weighted by atomic mass is 79.9. The Morgan fingerprint density at radius 1 is 1.36 bits per heavy atom. The number of aromatic amines is 1. The van der Waals surface area contributed by atoms with Crippen LogP contribution in [0.15, 0.2) is 33.5 Å². The second kappa shape index (κ2) is 8.31. The van der Waals surface area contributed by atoms with Crippen molar-refractivity contribution in [1.29, 1.82) is 0 Å². The molecule has 0 aliphatic rings. The maximum atomic E-state index is 12.3. The molecule has 1 heterocycles. The van der Waals surface area contributed by atoms with E-state index >= 15 is 0 Å². The number of halogens is 2. The number of carbonyl (C=O) groups excluding carboxylic acids is 1. The molecule has 2 rings (SSSR count). The Morgan fingerprint density at radius 3 is 2.77 bits per heavy atom. The van der Waals surface area contributed by atoms with Crippen LogP contribution in [0.1, 0.15) is 24.2 Å². The van der Waals surface area contributed by atoms with Crippen LogP contribution in [0.3, 0.4) is 0 Å². The number of likely N-dealkylation sites (N-methyl/N-ethyl adjacent to an activating group) is 1. The number of rotatable bonds is 5. The average molecular weight is 389 g/mol. The molecule has 0 radical (unpaired) electrons. The zero-order chi connectivity index (χ0) is 15.4. The fourth-order valence-electron chi connectivity index (χ4n) is 2.18. The third-order valence-electron chi connectivity index (χ3n) is 3.17. The van der Waals surface area contributed by atoms with Gasteiger partial charge in [-0.1, -0.05) is 22.9 Å². The van der Waals surface area contributed by atoms with Gasteiger partial charge in [-0.25, -0.2) is 0 Å². The molecule has 0 aliphatic heterocycles. The summed E-state index contributed by atoms with van der Waals surface area (Å²) in [5.41, 5.74) is 0.754. The van der Waals surface area contributed by atoms with E-state index in [1.54, 1.807) is 6.07 Å². The van der Waals surface area contributed by atoms with E-state index in [1.165, 1.54) is 6.07 Å². The summed E-state index contributed by atoms with van der Waals surface area (Å²) in [4.78, 5) is 26.7. The number of benzene rings is 1. The van der Waals surface area contributed by atoms with Gasteiger partial charge in [0.15, 0.2) is 0 Å². The quantitative estimate of drug-likeness (QED) is 0.736. The van der Waals surface area contributed by atoms with Crippen molar-refractivity contribution in [1.82, 2.24) is 15.6 Å². The Balaban J connectivity index is 0.00000242. The number of aromatic nitrogens is 1. The van der Waals surface area contributed by atoms with Gasteiger partial charge in [0.25, 0.3) is 5.91 Å². The third-order valence-corrected chi connectivity index (χ3v) is 3.66. The van der Waals surface area contributed by atoms with Gasteiger partial charge in [0.05, 0.1) is 5.56 Å². The predicted octanol–water partition coefficient (Wildman–Crippen LogP) is 2.44. The van der Waals surface area contributed by atoms with Gasteiger partial charge in [0, 0.05) is 34.0 Å². The van der Waals surface area contributed by atoms with Crippen molar-refractivity contribution in [3.8, 4) is 0 Å². The number of nitrogens with one attached hydrogen (secondary N) is 3. The Bertz CT molecular complexity index is 717. The van der Waals surface area contributed by atoms with E-state index in [-0.39, 0.29) is 29.9 Å². The van der Waals surface area contributed by atoms with Gasteiger partial charge in [-0.05, 0) is 31.7 Å². The van der Waals surface area contributed by atoms with Crippen molar-refractivity contribution in [3.63, 3.8) is 0 Å². The summed E-state index contributed by atoms with van der Waals surface area (Å²) in [5.74, 6) is -0.242. The van der Waals surface area contributed by atoms with Crippen molar-refractivity contribution < 1.29 is 4.79 Å². The van der Waals surface area contributed by atoms with Gasteiger partial charge in [-0.2, -0.15) is 0 Å². The minimum Gasteiger partial charge on any atom is -0.350 e. The first kappa shape index (κ1) is 18.7. The lowest BCUT2D eigenvalue weighted by atomic mass is 10.1. The number of hydrogen-bond donors (Lipinski definition) is 3.